The molecule has 0 bridgehead atoms. The van der Waals surface area contributed by atoms with E-state index in [4.69, 9.17) is 4.74 Å². The molecule has 0 heterocycles. The first kappa shape index (κ1) is 25.0. The van der Waals surface area contributed by atoms with Gasteiger partial charge in [0.1, 0.15) is 11.8 Å². The molecule has 5 nitrogen and oxygen atoms in total. The third-order valence-electron chi connectivity index (χ3n) is 5.92. The molecule has 178 valence electrons. The minimum Gasteiger partial charge on any atom is -0.483 e. The van der Waals surface area contributed by atoms with Crippen LogP contribution in [0, 0.1) is 13.8 Å². The number of nitrogens with one attached hydrogen (secondary N) is 1. The number of hydrogen-bond acceptors (Lipinski definition) is 3. The Balaban J connectivity index is 1.88. The van der Waals surface area contributed by atoms with Crippen LogP contribution in [0.2, 0.25) is 0 Å². The van der Waals surface area contributed by atoms with Crippen molar-refractivity contribution in [3.8, 4) is 5.75 Å². The summed E-state index contributed by atoms with van der Waals surface area (Å²) in [4.78, 5) is 28.5. The molecule has 3 aromatic carbocycles. The second-order valence-corrected chi connectivity index (χ2v) is 8.49. The molecule has 34 heavy (non-hydrogen) atoms. The molecule has 2 amide bonds. The van der Waals surface area contributed by atoms with Gasteiger partial charge in [0.25, 0.3) is 5.91 Å². The molecule has 1 atom stereocenters. The van der Waals surface area contributed by atoms with Crippen LogP contribution in [0.3, 0.4) is 0 Å². The van der Waals surface area contributed by atoms with Crippen LogP contribution in [0.5, 0.6) is 5.75 Å². The average molecular weight is 459 g/mol. The quantitative estimate of drug-likeness (QED) is 0.447. The fourth-order valence-corrected chi connectivity index (χ4v) is 3.80. The Hall–Kier alpha value is -3.60. The molecule has 0 saturated heterocycles. The van der Waals surface area contributed by atoms with Crippen molar-refractivity contribution in [2.24, 2.45) is 0 Å². The minimum absolute atomic E-state index is 0.135. The summed E-state index contributed by atoms with van der Waals surface area (Å²) in [6.07, 6.45) is 1.25. The summed E-state index contributed by atoms with van der Waals surface area (Å²) >= 11 is 0. The van der Waals surface area contributed by atoms with Gasteiger partial charge in [-0.3, -0.25) is 9.59 Å². The number of amides is 2. The summed E-state index contributed by atoms with van der Waals surface area (Å²) in [6.45, 7) is 6.76. The van der Waals surface area contributed by atoms with Crippen molar-refractivity contribution < 1.29 is 14.3 Å². The molecular formula is C29H34N2O3. The van der Waals surface area contributed by atoms with Gasteiger partial charge in [-0.2, -0.15) is 0 Å². The molecule has 1 N–H and O–H groups in total. The van der Waals surface area contributed by atoms with E-state index in [0.29, 0.717) is 25.3 Å². The summed E-state index contributed by atoms with van der Waals surface area (Å²) in [5, 5.41) is 2.99. The summed E-state index contributed by atoms with van der Waals surface area (Å²) in [6, 6.07) is 24.7. The maximum absolute atomic E-state index is 13.5. The Bertz CT molecular complexity index is 1070. The molecule has 0 aliphatic heterocycles. The Morgan fingerprint density at radius 2 is 1.53 bits per heavy atom. The second-order valence-electron chi connectivity index (χ2n) is 8.49. The van der Waals surface area contributed by atoms with Gasteiger partial charge in [-0.25, -0.2) is 0 Å². The number of nitrogens with zero attached hydrogens (tertiary/aromatic N) is 1. The molecule has 0 aliphatic rings. The normalized spacial score (nSPS) is 11.5. The molecule has 5 heteroatoms. The fraction of sp³-hybridized carbons (Fsp3) is 0.310. The van der Waals surface area contributed by atoms with Crippen molar-refractivity contribution in [2.75, 3.05) is 13.2 Å². The van der Waals surface area contributed by atoms with Crippen molar-refractivity contribution in [1.82, 2.24) is 10.2 Å². The lowest BCUT2D eigenvalue weighted by Crippen LogP contribution is -2.51. The van der Waals surface area contributed by atoms with E-state index in [0.717, 1.165) is 28.7 Å². The van der Waals surface area contributed by atoms with E-state index in [1.54, 1.807) is 4.90 Å². The third kappa shape index (κ3) is 6.95. The number of carbonyl (C=O) groups is 2. The molecule has 0 spiro atoms. The lowest BCUT2D eigenvalue weighted by molar-refractivity contribution is -0.142. The predicted molar refractivity (Wildman–Crippen MR) is 136 cm³/mol. The van der Waals surface area contributed by atoms with Crippen molar-refractivity contribution in [3.63, 3.8) is 0 Å². The van der Waals surface area contributed by atoms with Crippen LogP contribution in [0.25, 0.3) is 0 Å². The van der Waals surface area contributed by atoms with E-state index in [1.165, 1.54) is 0 Å². The lowest BCUT2D eigenvalue weighted by atomic mass is 10.0. The van der Waals surface area contributed by atoms with Crippen LogP contribution < -0.4 is 10.1 Å². The molecule has 0 saturated carbocycles. The zero-order valence-corrected chi connectivity index (χ0v) is 20.3. The maximum Gasteiger partial charge on any atom is 0.261 e. The van der Waals surface area contributed by atoms with Crippen molar-refractivity contribution in [1.29, 1.82) is 0 Å². The third-order valence-corrected chi connectivity index (χ3v) is 5.92. The molecule has 0 unspecified atom stereocenters. The highest BCUT2D eigenvalue weighted by Gasteiger charge is 2.30. The Morgan fingerprint density at radius 3 is 2.18 bits per heavy atom. The molecule has 0 fully saturated rings. The van der Waals surface area contributed by atoms with E-state index in [2.05, 4.69) is 5.32 Å². The highest BCUT2D eigenvalue weighted by Crippen LogP contribution is 2.21. The van der Waals surface area contributed by atoms with E-state index < -0.39 is 6.04 Å². The summed E-state index contributed by atoms with van der Waals surface area (Å²) in [5.74, 6) is 0.308. The Morgan fingerprint density at radius 1 is 0.882 bits per heavy atom. The van der Waals surface area contributed by atoms with E-state index in [1.807, 2.05) is 99.6 Å². The van der Waals surface area contributed by atoms with Crippen LogP contribution in [-0.2, 0) is 22.6 Å². The topological polar surface area (TPSA) is 58.6 Å². The van der Waals surface area contributed by atoms with Gasteiger partial charge in [-0.15, -0.1) is 0 Å². The Labute approximate surface area is 202 Å². The molecule has 0 aromatic heterocycles. The van der Waals surface area contributed by atoms with Crippen LogP contribution in [0.15, 0.2) is 78.9 Å². The van der Waals surface area contributed by atoms with Crippen molar-refractivity contribution in [3.05, 3.63) is 101 Å². The van der Waals surface area contributed by atoms with Crippen LogP contribution in [-0.4, -0.2) is 35.9 Å². The average Bonchev–Trinajstić information content (AvgIpc) is 2.86. The number of aryl methyl sites for hydroxylation is 1. The molecule has 0 radical (unpaired) electrons. The van der Waals surface area contributed by atoms with Gasteiger partial charge in [0, 0.05) is 19.5 Å². The highest BCUT2D eigenvalue weighted by molar-refractivity contribution is 5.88. The predicted octanol–water partition coefficient (Wildman–Crippen LogP) is 4.85. The SMILES string of the molecule is CCCNC(=O)[C@H](Cc1ccccc1)N(Cc1ccccc1)C(=O)COc1cccc(C)c1C. The molecular weight excluding hydrogens is 424 g/mol. The van der Waals surface area contributed by atoms with E-state index in [9.17, 15) is 9.59 Å². The van der Waals surface area contributed by atoms with Gasteiger partial charge >= 0.3 is 0 Å². The van der Waals surface area contributed by atoms with Crippen molar-refractivity contribution >= 4 is 11.8 Å². The van der Waals surface area contributed by atoms with Crippen LogP contribution in [0.1, 0.15) is 35.6 Å². The number of benzene rings is 3. The van der Waals surface area contributed by atoms with E-state index in [-0.39, 0.29) is 18.4 Å². The zero-order chi connectivity index (χ0) is 24.3. The first-order chi connectivity index (χ1) is 16.5. The number of hydrogen-bond donors (Lipinski definition) is 1. The monoisotopic (exact) mass is 458 g/mol. The van der Waals surface area contributed by atoms with Crippen molar-refractivity contribution in [2.45, 2.75) is 46.2 Å². The van der Waals surface area contributed by atoms with Crippen LogP contribution in [0.4, 0.5) is 0 Å². The molecule has 0 aliphatic carbocycles. The smallest absolute Gasteiger partial charge is 0.261 e. The van der Waals surface area contributed by atoms with Gasteiger partial charge in [0.2, 0.25) is 5.91 Å². The van der Waals surface area contributed by atoms with Gasteiger partial charge in [-0.05, 0) is 48.6 Å². The lowest BCUT2D eigenvalue weighted by Gasteiger charge is -2.31. The van der Waals surface area contributed by atoms with Gasteiger partial charge in [0.05, 0.1) is 0 Å². The summed E-state index contributed by atoms with van der Waals surface area (Å²) < 4.78 is 5.94. The largest absolute Gasteiger partial charge is 0.483 e. The van der Waals surface area contributed by atoms with Gasteiger partial charge in [0.15, 0.2) is 6.61 Å². The first-order valence-electron chi connectivity index (χ1n) is 11.8. The number of rotatable bonds is 11. The van der Waals surface area contributed by atoms with E-state index >= 15 is 0 Å². The fourth-order valence-electron chi connectivity index (χ4n) is 3.80. The molecule has 3 aromatic rings. The first-order valence-corrected chi connectivity index (χ1v) is 11.8. The Kier molecular flexibility index (Phi) is 9.27. The zero-order valence-electron chi connectivity index (χ0n) is 20.3. The summed E-state index contributed by atoms with van der Waals surface area (Å²) in [5.41, 5.74) is 4.07. The summed E-state index contributed by atoms with van der Waals surface area (Å²) in [7, 11) is 0. The number of ether oxygens (including phenoxy) is 1. The van der Waals surface area contributed by atoms with Crippen LogP contribution >= 0.6 is 0 Å². The highest BCUT2D eigenvalue weighted by atomic mass is 16.5. The number of carbonyl (C=O) groups excluding carboxylic acids is 2. The van der Waals surface area contributed by atoms with Gasteiger partial charge < -0.3 is 15.0 Å². The minimum atomic E-state index is -0.649. The second kappa shape index (κ2) is 12.6. The maximum atomic E-state index is 13.5. The van der Waals surface area contributed by atoms with Gasteiger partial charge in [-0.1, -0.05) is 79.7 Å². The molecule has 3 rings (SSSR count). The standard InChI is InChI=1S/C29H34N2O3/c1-4-18-30-29(33)26(19-24-13-7-5-8-14-24)31(20-25-15-9-6-10-16-25)28(32)21-34-27-17-11-12-22(2)23(27)3/h5-17,26H,4,18-21H2,1-3H3,(H,30,33)/t26-/m0/s1.